The molecule has 0 radical (unpaired) electrons. The number of hydrogen-bond acceptors (Lipinski definition) is 3. The highest BCUT2D eigenvalue weighted by atomic mass is 32.1. The number of rotatable bonds is 5. The summed E-state index contributed by atoms with van der Waals surface area (Å²) in [6, 6.07) is 1.22. The van der Waals surface area contributed by atoms with E-state index < -0.39 is 0 Å². The summed E-state index contributed by atoms with van der Waals surface area (Å²) in [4.78, 5) is 4.38. The van der Waals surface area contributed by atoms with E-state index in [1.807, 2.05) is 6.20 Å². The van der Waals surface area contributed by atoms with Crippen LogP contribution in [0.15, 0.2) is 11.6 Å². The van der Waals surface area contributed by atoms with Crippen molar-refractivity contribution in [2.75, 3.05) is 0 Å². The standard InChI is InChI=1S/C12H18N2S/c1-8(12-13-6-7-15-12)14-11(9-2-3-9)10-4-5-10/h6-11,14H,2-5H2,1H3. The summed E-state index contributed by atoms with van der Waals surface area (Å²) in [6.07, 6.45) is 7.68. The minimum atomic E-state index is 0.441. The molecule has 1 aromatic heterocycles. The molecule has 1 atom stereocenters. The molecule has 3 heteroatoms. The topological polar surface area (TPSA) is 24.9 Å². The summed E-state index contributed by atoms with van der Waals surface area (Å²) in [6.45, 7) is 2.25. The lowest BCUT2D eigenvalue weighted by atomic mass is 10.1. The quantitative estimate of drug-likeness (QED) is 0.828. The molecule has 1 heterocycles. The van der Waals surface area contributed by atoms with Gasteiger partial charge < -0.3 is 5.32 Å². The van der Waals surface area contributed by atoms with E-state index in [0.717, 1.165) is 17.9 Å². The fourth-order valence-electron chi connectivity index (χ4n) is 2.38. The van der Waals surface area contributed by atoms with Crippen molar-refractivity contribution in [2.24, 2.45) is 11.8 Å². The molecule has 0 aliphatic heterocycles. The van der Waals surface area contributed by atoms with Crippen molar-refractivity contribution in [1.29, 1.82) is 0 Å². The van der Waals surface area contributed by atoms with Crippen LogP contribution in [0, 0.1) is 11.8 Å². The van der Waals surface area contributed by atoms with Crippen LogP contribution in [0.4, 0.5) is 0 Å². The highest BCUT2D eigenvalue weighted by Crippen LogP contribution is 2.45. The summed E-state index contributed by atoms with van der Waals surface area (Å²) in [7, 11) is 0. The summed E-state index contributed by atoms with van der Waals surface area (Å²) in [5.74, 6) is 1.94. The second-order valence-electron chi connectivity index (χ2n) is 4.96. The normalized spacial score (nSPS) is 23.3. The van der Waals surface area contributed by atoms with E-state index >= 15 is 0 Å². The van der Waals surface area contributed by atoms with Crippen LogP contribution in [-0.2, 0) is 0 Å². The van der Waals surface area contributed by atoms with Crippen LogP contribution in [0.3, 0.4) is 0 Å². The van der Waals surface area contributed by atoms with Crippen molar-refractivity contribution in [3.05, 3.63) is 16.6 Å². The largest absolute Gasteiger partial charge is 0.305 e. The zero-order valence-electron chi connectivity index (χ0n) is 9.15. The van der Waals surface area contributed by atoms with Gasteiger partial charge in [-0.25, -0.2) is 4.98 Å². The first-order valence-corrected chi connectivity index (χ1v) is 6.88. The van der Waals surface area contributed by atoms with Gasteiger partial charge in [0.05, 0.1) is 6.04 Å². The molecule has 3 rings (SSSR count). The highest BCUT2D eigenvalue weighted by molar-refractivity contribution is 7.09. The van der Waals surface area contributed by atoms with Gasteiger partial charge in [0, 0.05) is 17.6 Å². The van der Waals surface area contributed by atoms with Crippen molar-refractivity contribution >= 4 is 11.3 Å². The van der Waals surface area contributed by atoms with Gasteiger partial charge in [0.25, 0.3) is 0 Å². The van der Waals surface area contributed by atoms with Crippen LogP contribution in [0.25, 0.3) is 0 Å². The van der Waals surface area contributed by atoms with Crippen LogP contribution in [-0.4, -0.2) is 11.0 Å². The van der Waals surface area contributed by atoms with Crippen molar-refractivity contribution < 1.29 is 0 Å². The fraction of sp³-hybridized carbons (Fsp3) is 0.750. The number of nitrogens with zero attached hydrogens (tertiary/aromatic N) is 1. The Morgan fingerprint density at radius 3 is 2.47 bits per heavy atom. The molecule has 0 bridgehead atoms. The molecule has 2 fully saturated rings. The average Bonchev–Trinajstić information content (AvgIpc) is 3.15. The van der Waals surface area contributed by atoms with Gasteiger partial charge in [0.1, 0.15) is 5.01 Å². The summed E-state index contributed by atoms with van der Waals surface area (Å²) in [5.41, 5.74) is 0. The maximum atomic E-state index is 4.38. The Hall–Kier alpha value is -0.410. The van der Waals surface area contributed by atoms with Crippen LogP contribution in [0.2, 0.25) is 0 Å². The first-order chi connectivity index (χ1) is 7.34. The third-order valence-electron chi connectivity index (χ3n) is 3.52. The molecule has 0 saturated heterocycles. The maximum absolute atomic E-state index is 4.38. The molecule has 2 saturated carbocycles. The molecule has 15 heavy (non-hydrogen) atoms. The van der Waals surface area contributed by atoms with Gasteiger partial charge in [-0.1, -0.05) is 0 Å². The van der Waals surface area contributed by atoms with E-state index in [4.69, 9.17) is 0 Å². The lowest BCUT2D eigenvalue weighted by Crippen LogP contribution is -2.35. The number of nitrogens with one attached hydrogen (secondary N) is 1. The van der Waals surface area contributed by atoms with E-state index in [1.165, 1.54) is 30.7 Å². The second-order valence-corrected chi connectivity index (χ2v) is 5.89. The molecule has 2 aliphatic carbocycles. The van der Waals surface area contributed by atoms with Crippen LogP contribution < -0.4 is 5.32 Å². The van der Waals surface area contributed by atoms with Crippen LogP contribution in [0.5, 0.6) is 0 Å². The monoisotopic (exact) mass is 222 g/mol. The summed E-state index contributed by atoms with van der Waals surface area (Å²) >= 11 is 1.76. The average molecular weight is 222 g/mol. The Bertz CT molecular complexity index is 302. The molecular weight excluding hydrogens is 204 g/mol. The fourth-order valence-corrected chi connectivity index (χ4v) is 3.03. The van der Waals surface area contributed by atoms with Crippen molar-refractivity contribution in [1.82, 2.24) is 10.3 Å². The first-order valence-electron chi connectivity index (χ1n) is 6.00. The molecule has 82 valence electrons. The molecule has 1 unspecified atom stereocenters. The maximum Gasteiger partial charge on any atom is 0.109 e. The van der Waals surface area contributed by atoms with Crippen LogP contribution >= 0.6 is 11.3 Å². The zero-order chi connectivity index (χ0) is 10.3. The zero-order valence-corrected chi connectivity index (χ0v) is 9.96. The number of thiazole rings is 1. The molecule has 0 spiro atoms. The van der Waals surface area contributed by atoms with Gasteiger partial charge in [-0.2, -0.15) is 0 Å². The van der Waals surface area contributed by atoms with Crippen molar-refractivity contribution in [3.63, 3.8) is 0 Å². The predicted octanol–water partition coefficient (Wildman–Crippen LogP) is 2.98. The third kappa shape index (κ3) is 2.23. The molecule has 2 nitrogen and oxygen atoms in total. The van der Waals surface area contributed by atoms with Crippen molar-refractivity contribution in [2.45, 2.75) is 44.7 Å². The Morgan fingerprint density at radius 1 is 1.33 bits per heavy atom. The minimum absolute atomic E-state index is 0.441. The molecular formula is C12H18N2S. The Balaban J connectivity index is 1.62. The molecule has 1 aromatic rings. The number of hydrogen-bond donors (Lipinski definition) is 1. The minimum Gasteiger partial charge on any atom is -0.305 e. The van der Waals surface area contributed by atoms with Gasteiger partial charge >= 0.3 is 0 Å². The Kier molecular flexibility index (Phi) is 2.53. The molecule has 1 N–H and O–H groups in total. The van der Waals surface area contributed by atoms with E-state index in [2.05, 4.69) is 22.6 Å². The van der Waals surface area contributed by atoms with Gasteiger partial charge in [-0.3, -0.25) is 0 Å². The number of aromatic nitrogens is 1. The Labute approximate surface area is 95.1 Å². The molecule has 0 aromatic carbocycles. The smallest absolute Gasteiger partial charge is 0.109 e. The van der Waals surface area contributed by atoms with E-state index in [1.54, 1.807) is 11.3 Å². The first kappa shape index (κ1) is 9.79. The molecule has 2 aliphatic rings. The second kappa shape index (κ2) is 3.87. The van der Waals surface area contributed by atoms with Crippen molar-refractivity contribution in [3.8, 4) is 0 Å². The van der Waals surface area contributed by atoms with E-state index in [-0.39, 0.29) is 0 Å². The van der Waals surface area contributed by atoms with E-state index in [0.29, 0.717) is 6.04 Å². The van der Waals surface area contributed by atoms with Gasteiger partial charge in [-0.15, -0.1) is 11.3 Å². The Morgan fingerprint density at radius 2 is 2.00 bits per heavy atom. The third-order valence-corrected chi connectivity index (χ3v) is 4.48. The lowest BCUT2D eigenvalue weighted by Gasteiger charge is -2.21. The molecule has 0 amide bonds. The lowest BCUT2D eigenvalue weighted by molar-refractivity contribution is 0.377. The SMILES string of the molecule is CC(NC(C1CC1)C1CC1)c1nccs1. The highest BCUT2D eigenvalue weighted by Gasteiger charge is 2.41. The van der Waals surface area contributed by atoms with Gasteiger partial charge in [0.2, 0.25) is 0 Å². The summed E-state index contributed by atoms with van der Waals surface area (Å²) < 4.78 is 0. The van der Waals surface area contributed by atoms with Gasteiger partial charge in [0.15, 0.2) is 0 Å². The van der Waals surface area contributed by atoms with Gasteiger partial charge in [-0.05, 0) is 44.4 Å². The van der Waals surface area contributed by atoms with Crippen LogP contribution in [0.1, 0.15) is 43.7 Å². The summed E-state index contributed by atoms with van der Waals surface area (Å²) in [5, 5.41) is 7.09. The van der Waals surface area contributed by atoms with E-state index in [9.17, 15) is 0 Å². The predicted molar refractivity (Wildman–Crippen MR) is 62.9 cm³/mol.